The number of carbonyl (C=O) groups excluding carboxylic acids is 1. The summed E-state index contributed by atoms with van der Waals surface area (Å²) >= 11 is 0. The molecule has 1 amide bonds. The van der Waals surface area contributed by atoms with Gasteiger partial charge in [-0.25, -0.2) is 4.90 Å². The van der Waals surface area contributed by atoms with Crippen LogP contribution < -0.4 is 4.74 Å². The Kier molecular flexibility index (Phi) is 9.85. The Hall–Kier alpha value is -2.24. The van der Waals surface area contributed by atoms with E-state index in [4.69, 9.17) is 23.7 Å². The zero-order chi connectivity index (χ0) is 23.7. The van der Waals surface area contributed by atoms with Crippen molar-refractivity contribution in [2.24, 2.45) is 0 Å². The van der Waals surface area contributed by atoms with E-state index in [0.29, 0.717) is 11.3 Å². The van der Waals surface area contributed by atoms with E-state index in [0.717, 1.165) is 0 Å². The summed E-state index contributed by atoms with van der Waals surface area (Å²) in [4.78, 5) is 27.7. The van der Waals surface area contributed by atoms with Gasteiger partial charge in [0, 0.05) is 13.7 Å². The highest BCUT2D eigenvalue weighted by Gasteiger charge is 2.33. The molecule has 2 rings (SSSR count). The number of carboxylic acid groups (broad SMARTS) is 1. The Labute approximate surface area is 188 Å². The van der Waals surface area contributed by atoms with Crippen molar-refractivity contribution in [2.75, 3.05) is 53.9 Å². The molecule has 180 valence electrons. The number of benzene rings is 1. The maximum Gasteiger partial charge on any atom is 0.323 e. The summed E-state index contributed by atoms with van der Waals surface area (Å²) in [6, 6.07) is 6.52. The van der Waals surface area contributed by atoms with Crippen molar-refractivity contribution in [2.45, 2.75) is 38.8 Å². The van der Waals surface area contributed by atoms with Crippen LogP contribution in [0.4, 0.5) is 0 Å². The predicted molar refractivity (Wildman–Crippen MR) is 115 cm³/mol. The van der Waals surface area contributed by atoms with Crippen LogP contribution in [0.3, 0.4) is 0 Å². The van der Waals surface area contributed by atoms with E-state index in [2.05, 4.69) is 0 Å². The summed E-state index contributed by atoms with van der Waals surface area (Å²) in [6.45, 7) is 5.76. The molecule has 0 radical (unpaired) electrons. The Balaban J connectivity index is 2.50. The molecule has 0 bridgehead atoms. The Morgan fingerprint density at radius 2 is 1.97 bits per heavy atom. The van der Waals surface area contributed by atoms with Crippen molar-refractivity contribution in [1.29, 1.82) is 0 Å². The Morgan fingerprint density at radius 3 is 2.59 bits per heavy atom. The van der Waals surface area contributed by atoms with Gasteiger partial charge in [-0.05, 0) is 38.5 Å². The van der Waals surface area contributed by atoms with Gasteiger partial charge in [0.2, 0.25) is 12.3 Å². The molecule has 0 saturated carbocycles. The van der Waals surface area contributed by atoms with Gasteiger partial charge < -0.3 is 33.7 Å². The number of hydrogen-bond donors (Lipinski definition) is 1. The van der Waals surface area contributed by atoms with E-state index in [1.807, 2.05) is 26.8 Å². The van der Waals surface area contributed by atoms with Crippen LogP contribution in [0.2, 0.25) is 0 Å². The highest BCUT2D eigenvalue weighted by molar-refractivity contribution is 5.82. The molecule has 1 saturated heterocycles. The third-order valence-electron chi connectivity index (χ3n) is 4.70. The van der Waals surface area contributed by atoms with Crippen LogP contribution in [0.1, 0.15) is 32.4 Å². The Bertz CT molecular complexity index is 752. The van der Waals surface area contributed by atoms with Crippen molar-refractivity contribution in [3.05, 3.63) is 29.8 Å². The SMILES string of the molecule is COc1cccc(C2CN(C(OC)OC(C)(C)C)COCCOCC(=O)N2CC(=O)O)c1. The number of carboxylic acids is 1. The summed E-state index contributed by atoms with van der Waals surface area (Å²) < 4.78 is 28.1. The maximum atomic E-state index is 13.0. The zero-order valence-electron chi connectivity index (χ0n) is 19.4. The number of hydrogen-bond acceptors (Lipinski definition) is 8. The summed E-state index contributed by atoms with van der Waals surface area (Å²) in [5.74, 6) is -0.973. The molecule has 1 N–H and O–H groups in total. The van der Waals surface area contributed by atoms with Gasteiger partial charge in [-0.3, -0.25) is 9.59 Å². The number of carbonyl (C=O) groups is 2. The molecule has 10 nitrogen and oxygen atoms in total. The van der Waals surface area contributed by atoms with Crippen molar-refractivity contribution in [3.63, 3.8) is 0 Å². The van der Waals surface area contributed by atoms with Gasteiger partial charge >= 0.3 is 5.97 Å². The summed E-state index contributed by atoms with van der Waals surface area (Å²) in [6.07, 6.45) is -0.786. The maximum absolute atomic E-state index is 13.0. The van der Waals surface area contributed by atoms with E-state index in [1.54, 1.807) is 30.2 Å². The van der Waals surface area contributed by atoms with Crippen LogP contribution in [-0.4, -0.2) is 92.7 Å². The number of nitrogens with zero attached hydrogens (tertiary/aromatic N) is 2. The molecule has 1 heterocycles. The minimum absolute atomic E-state index is 0.132. The molecule has 0 aromatic heterocycles. The van der Waals surface area contributed by atoms with Gasteiger partial charge in [0.05, 0.1) is 32.0 Å². The molecule has 1 aliphatic heterocycles. The molecular weight excluding hydrogens is 420 g/mol. The fraction of sp³-hybridized carbons (Fsp3) is 0.636. The first-order valence-electron chi connectivity index (χ1n) is 10.4. The van der Waals surface area contributed by atoms with Crippen LogP contribution >= 0.6 is 0 Å². The van der Waals surface area contributed by atoms with Crippen molar-refractivity contribution in [1.82, 2.24) is 9.80 Å². The minimum Gasteiger partial charge on any atom is -0.497 e. The lowest BCUT2D eigenvalue weighted by atomic mass is 10.0. The summed E-state index contributed by atoms with van der Waals surface area (Å²) in [7, 11) is 3.06. The minimum atomic E-state index is -1.13. The van der Waals surface area contributed by atoms with Gasteiger partial charge in [0.25, 0.3) is 0 Å². The molecule has 1 aromatic carbocycles. The first-order chi connectivity index (χ1) is 15.1. The highest BCUT2D eigenvalue weighted by atomic mass is 16.7. The average Bonchev–Trinajstić information content (AvgIpc) is 2.77. The van der Waals surface area contributed by atoms with Crippen LogP contribution in [0.25, 0.3) is 0 Å². The fourth-order valence-electron chi connectivity index (χ4n) is 3.29. The lowest BCUT2D eigenvalue weighted by Crippen LogP contribution is -2.50. The molecule has 32 heavy (non-hydrogen) atoms. The monoisotopic (exact) mass is 454 g/mol. The van der Waals surface area contributed by atoms with Crippen molar-refractivity contribution < 1.29 is 38.4 Å². The van der Waals surface area contributed by atoms with Gasteiger partial charge in [-0.1, -0.05) is 12.1 Å². The first kappa shape index (κ1) is 26.0. The largest absolute Gasteiger partial charge is 0.497 e. The van der Waals surface area contributed by atoms with Crippen molar-refractivity contribution in [3.8, 4) is 5.75 Å². The second-order valence-electron chi connectivity index (χ2n) is 8.34. The lowest BCUT2D eigenvalue weighted by Gasteiger charge is -2.39. The lowest BCUT2D eigenvalue weighted by molar-refractivity contribution is -0.270. The second kappa shape index (κ2) is 12.1. The molecule has 1 aliphatic rings. The average molecular weight is 455 g/mol. The number of methoxy groups -OCH3 is 2. The zero-order valence-corrected chi connectivity index (χ0v) is 19.4. The van der Waals surface area contributed by atoms with Crippen LogP contribution in [0, 0.1) is 0 Å². The van der Waals surface area contributed by atoms with Gasteiger partial charge in [-0.2, -0.15) is 0 Å². The molecule has 1 fully saturated rings. The first-order valence-corrected chi connectivity index (χ1v) is 10.4. The van der Waals surface area contributed by atoms with Crippen LogP contribution in [0.15, 0.2) is 24.3 Å². The van der Waals surface area contributed by atoms with E-state index in [-0.39, 0.29) is 33.1 Å². The number of rotatable bonds is 7. The quantitative estimate of drug-likeness (QED) is 0.616. The third-order valence-corrected chi connectivity index (χ3v) is 4.70. The van der Waals surface area contributed by atoms with Gasteiger partial charge in [0.1, 0.15) is 25.6 Å². The topological polar surface area (TPSA) is 107 Å². The molecular formula is C22H34N2O8. The highest BCUT2D eigenvalue weighted by Crippen LogP contribution is 2.28. The fourth-order valence-corrected chi connectivity index (χ4v) is 3.29. The molecule has 0 spiro atoms. The van der Waals surface area contributed by atoms with Crippen molar-refractivity contribution >= 4 is 11.9 Å². The molecule has 2 atom stereocenters. The molecule has 0 aliphatic carbocycles. The van der Waals surface area contributed by atoms with Crippen LogP contribution in [0.5, 0.6) is 5.75 Å². The van der Waals surface area contributed by atoms with Gasteiger partial charge in [-0.15, -0.1) is 0 Å². The molecule has 1 aromatic rings. The predicted octanol–water partition coefficient (Wildman–Crippen LogP) is 1.70. The summed E-state index contributed by atoms with van der Waals surface area (Å²) in [5.41, 5.74) is 0.187. The normalized spacial score (nSPS) is 20.5. The molecule has 10 heteroatoms. The number of aliphatic carboxylic acids is 1. The summed E-state index contributed by atoms with van der Waals surface area (Å²) in [5, 5.41) is 9.52. The van der Waals surface area contributed by atoms with Crippen LogP contribution in [-0.2, 0) is 28.5 Å². The smallest absolute Gasteiger partial charge is 0.323 e. The third kappa shape index (κ3) is 8.03. The standard InChI is InChI=1S/C22H34N2O8/c1-22(2,3)32-21(29-5)23-12-18(16-7-6-8-17(11-16)28-4)24(13-20(26)27)19(25)14-30-9-10-31-15-23/h6-8,11,18,21H,9-10,12-15H2,1-5H3,(H,26,27). The van der Waals surface area contributed by atoms with E-state index in [1.165, 1.54) is 12.0 Å². The van der Waals surface area contributed by atoms with E-state index in [9.17, 15) is 14.7 Å². The number of ether oxygens (including phenoxy) is 5. The molecule has 2 unspecified atom stereocenters. The van der Waals surface area contributed by atoms with E-state index < -0.39 is 36.5 Å². The number of amides is 1. The second-order valence-corrected chi connectivity index (χ2v) is 8.34. The Morgan fingerprint density at radius 1 is 1.25 bits per heavy atom. The van der Waals surface area contributed by atoms with Gasteiger partial charge in [0.15, 0.2) is 0 Å². The van der Waals surface area contributed by atoms with E-state index >= 15 is 0 Å².